The Morgan fingerprint density at radius 2 is 1.21 bits per heavy atom. The predicted octanol–water partition coefficient (Wildman–Crippen LogP) is 0.793. The highest BCUT2D eigenvalue weighted by Crippen LogP contribution is 1.99. The molecule has 0 aliphatic carbocycles. The summed E-state index contributed by atoms with van der Waals surface area (Å²) in [4.78, 5) is 0. The minimum atomic E-state index is 1.06. The minimum absolute atomic E-state index is 1.06. The molecule has 0 heterocycles. The van der Waals surface area contributed by atoms with Gasteiger partial charge in [0.2, 0.25) is 0 Å². The van der Waals surface area contributed by atoms with Crippen LogP contribution in [0.25, 0.3) is 0 Å². The highest BCUT2D eigenvalue weighted by molar-refractivity contribution is 5.83. The maximum absolute atomic E-state index is 3.91. The Bertz CT molecular complexity index is 280. The number of nitrogens with zero attached hydrogens (tertiary/aromatic N) is 2. The van der Waals surface area contributed by atoms with E-state index in [-0.39, 0.29) is 0 Å². The second-order valence-electron chi connectivity index (χ2n) is 2.63. The van der Waals surface area contributed by atoms with Gasteiger partial charge in [0, 0.05) is 14.1 Å². The van der Waals surface area contributed by atoms with Crippen LogP contribution in [0.5, 0.6) is 0 Å². The molecule has 0 amide bonds. The van der Waals surface area contributed by atoms with Gasteiger partial charge < -0.3 is 10.9 Å². The van der Waals surface area contributed by atoms with Crippen LogP contribution in [0, 0.1) is 0 Å². The molecule has 14 heavy (non-hydrogen) atoms. The molecule has 4 nitrogen and oxygen atoms in total. The molecular formula is C10H14N4. The van der Waals surface area contributed by atoms with Gasteiger partial charge in [-0.3, -0.25) is 0 Å². The molecule has 0 bridgehead atoms. The zero-order chi connectivity index (χ0) is 10.2. The lowest BCUT2D eigenvalue weighted by Gasteiger charge is -1.94. The molecule has 74 valence electrons. The third-order valence-electron chi connectivity index (χ3n) is 1.62. The van der Waals surface area contributed by atoms with Crippen molar-refractivity contribution in [3.05, 3.63) is 35.4 Å². The molecule has 1 aromatic rings. The van der Waals surface area contributed by atoms with E-state index in [1.54, 1.807) is 26.5 Å². The summed E-state index contributed by atoms with van der Waals surface area (Å²) in [6.07, 6.45) is 3.53. The maximum atomic E-state index is 3.91. The number of nitrogens with one attached hydrogen (secondary N) is 2. The Hall–Kier alpha value is -1.84. The van der Waals surface area contributed by atoms with E-state index in [1.165, 1.54) is 0 Å². The van der Waals surface area contributed by atoms with Crippen LogP contribution < -0.4 is 10.9 Å². The normalized spacial score (nSPS) is 11.0. The van der Waals surface area contributed by atoms with E-state index in [0.717, 1.165) is 11.1 Å². The molecule has 0 aliphatic heterocycles. The van der Waals surface area contributed by atoms with Crippen molar-refractivity contribution >= 4 is 12.4 Å². The lowest BCUT2D eigenvalue weighted by Crippen LogP contribution is -1.96. The number of hydrogen-bond donors (Lipinski definition) is 2. The Morgan fingerprint density at radius 1 is 0.857 bits per heavy atom. The first kappa shape index (κ1) is 10.2. The fourth-order valence-corrected chi connectivity index (χ4v) is 0.946. The zero-order valence-corrected chi connectivity index (χ0v) is 8.36. The van der Waals surface area contributed by atoms with Crippen LogP contribution in [-0.2, 0) is 0 Å². The van der Waals surface area contributed by atoms with Crippen LogP contribution in [0.4, 0.5) is 0 Å². The van der Waals surface area contributed by atoms with Crippen LogP contribution in [0.2, 0.25) is 0 Å². The lowest BCUT2D eigenvalue weighted by molar-refractivity contribution is 0.907. The van der Waals surface area contributed by atoms with Crippen LogP contribution in [0.15, 0.2) is 34.5 Å². The molecule has 0 unspecified atom stereocenters. The average molecular weight is 190 g/mol. The quantitative estimate of drug-likeness (QED) is 0.545. The minimum Gasteiger partial charge on any atom is -0.313 e. The smallest absolute Gasteiger partial charge is 0.0540 e. The van der Waals surface area contributed by atoms with Crippen molar-refractivity contribution in [1.82, 2.24) is 10.9 Å². The zero-order valence-electron chi connectivity index (χ0n) is 8.36. The van der Waals surface area contributed by atoms with Gasteiger partial charge in [0.1, 0.15) is 0 Å². The van der Waals surface area contributed by atoms with Crippen molar-refractivity contribution in [2.45, 2.75) is 0 Å². The Kier molecular flexibility index (Phi) is 4.20. The first-order valence-electron chi connectivity index (χ1n) is 4.36. The van der Waals surface area contributed by atoms with E-state index >= 15 is 0 Å². The standard InChI is InChI=1S/C10H14N4/c1-11-13-7-9-3-5-10(6-4-9)8-14-12-2/h3-8,11-12H,1-2H3/b13-7+,14-8+. The predicted molar refractivity (Wildman–Crippen MR) is 59.7 cm³/mol. The Morgan fingerprint density at radius 3 is 1.50 bits per heavy atom. The summed E-state index contributed by atoms with van der Waals surface area (Å²) in [7, 11) is 3.54. The van der Waals surface area contributed by atoms with Gasteiger partial charge in [0.25, 0.3) is 0 Å². The molecule has 0 spiro atoms. The molecule has 0 fully saturated rings. The molecular weight excluding hydrogens is 176 g/mol. The van der Waals surface area contributed by atoms with Crippen molar-refractivity contribution in [1.29, 1.82) is 0 Å². The van der Waals surface area contributed by atoms with Gasteiger partial charge in [0.05, 0.1) is 12.4 Å². The van der Waals surface area contributed by atoms with Gasteiger partial charge in [-0.05, 0) is 11.1 Å². The second-order valence-corrected chi connectivity index (χ2v) is 2.63. The molecule has 2 N–H and O–H groups in total. The largest absolute Gasteiger partial charge is 0.313 e. The third-order valence-corrected chi connectivity index (χ3v) is 1.62. The molecule has 0 saturated carbocycles. The fourth-order valence-electron chi connectivity index (χ4n) is 0.946. The SMILES string of the molecule is CN/N=C/c1ccc(/C=N/NC)cc1. The van der Waals surface area contributed by atoms with E-state index in [9.17, 15) is 0 Å². The van der Waals surface area contributed by atoms with Crippen molar-refractivity contribution < 1.29 is 0 Å². The number of benzene rings is 1. The summed E-state index contributed by atoms with van der Waals surface area (Å²) in [5.41, 5.74) is 7.51. The van der Waals surface area contributed by atoms with Crippen molar-refractivity contribution in [2.24, 2.45) is 10.2 Å². The van der Waals surface area contributed by atoms with Crippen molar-refractivity contribution in [3.63, 3.8) is 0 Å². The van der Waals surface area contributed by atoms with Crippen LogP contribution >= 0.6 is 0 Å². The molecule has 1 aromatic carbocycles. The van der Waals surface area contributed by atoms with Crippen LogP contribution in [0.3, 0.4) is 0 Å². The summed E-state index contributed by atoms with van der Waals surface area (Å²) in [6.45, 7) is 0. The van der Waals surface area contributed by atoms with Gasteiger partial charge in [-0.15, -0.1) is 0 Å². The third kappa shape index (κ3) is 3.26. The molecule has 0 atom stereocenters. The monoisotopic (exact) mass is 190 g/mol. The highest BCUT2D eigenvalue weighted by atomic mass is 15.3. The van der Waals surface area contributed by atoms with Crippen LogP contribution in [0.1, 0.15) is 11.1 Å². The van der Waals surface area contributed by atoms with E-state index in [0.29, 0.717) is 0 Å². The molecule has 0 aliphatic rings. The van der Waals surface area contributed by atoms with E-state index < -0.39 is 0 Å². The summed E-state index contributed by atoms with van der Waals surface area (Å²) in [5.74, 6) is 0. The first-order valence-corrected chi connectivity index (χ1v) is 4.36. The van der Waals surface area contributed by atoms with Crippen LogP contribution in [-0.4, -0.2) is 26.5 Å². The van der Waals surface area contributed by atoms with Gasteiger partial charge in [-0.1, -0.05) is 24.3 Å². The summed E-state index contributed by atoms with van der Waals surface area (Å²) in [5, 5.41) is 7.83. The van der Waals surface area contributed by atoms with E-state index in [1.807, 2.05) is 24.3 Å². The van der Waals surface area contributed by atoms with Gasteiger partial charge in [0.15, 0.2) is 0 Å². The topological polar surface area (TPSA) is 48.8 Å². The first-order chi connectivity index (χ1) is 6.86. The summed E-state index contributed by atoms with van der Waals surface area (Å²) < 4.78 is 0. The molecule has 1 rings (SSSR count). The van der Waals surface area contributed by atoms with Gasteiger partial charge in [-0.2, -0.15) is 10.2 Å². The molecule has 0 aromatic heterocycles. The van der Waals surface area contributed by atoms with Gasteiger partial charge >= 0.3 is 0 Å². The van der Waals surface area contributed by atoms with Gasteiger partial charge in [-0.25, -0.2) is 0 Å². The fraction of sp³-hybridized carbons (Fsp3) is 0.200. The molecule has 0 saturated heterocycles. The van der Waals surface area contributed by atoms with Crippen molar-refractivity contribution in [3.8, 4) is 0 Å². The lowest BCUT2D eigenvalue weighted by atomic mass is 10.2. The maximum Gasteiger partial charge on any atom is 0.0540 e. The summed E-state index contributed by atoms with van der Waals surface area (Å²) in [6, 6.07) is 7.94. The Labute approximate surface area is 83.7 Å². The number of rotatable bonds is 4. The van der Waals surface area contributed by atoms with E-state index in [2.05, 4.69) is 21.1 Å². The average Bonchev–Trinajstić information content (AvgIpc) is 2.25. The number of hydrazone groups is 2. The number of hydrogen-bond acceptors (Lipinski definition) is 4. The molecule has 0 radical (unpaired) electrons. The second kappa shape index (κ2) is 5.75. The Balaban J connectivity index is 2.68. The van der Waals surface area contributed by atoms with Crippen molar-refractivity contribution in [2.75, 3.05) is 14.1 Å². The summed E-state index contributed by atoms with van der Waals surface area (Å²) >= 11 is 0. The highest BCUT2D eigenvalue weighted by Gasteiger charge is 1.88. The molecule has 4 heteroatoms. The van der Waals surface area contributed by atoms with E-state index in [4.69, 9.17) is 0 Å².